The maximum Gasteiger partial charge on any atom is 0.336 e. The molecule has 17 heteroatoms. The fraction of sp³-hybridized carbons (Fsp3) is 0.500. The van der Waals surface area contributed by atoms with Crippen LogP contribution in [0.3, 0.4) is 0 Å². The van der Waals surface area contributed by atoms with Gasteiger partial charge in [-0.15, -0.1) is 0 Å². The van der Waals surface area contributed by atoms with Crippen LogP contribution in [0.25, 0.3) is 0 Å². The van der Waals surface area contributed by atoms with Crippen molar-refractivity contribution in [3.63, 3.8) is 0 Å². The third kappa shape index (κ3) is 18.0. The quantitative estimate of drug-likeness (QED) is 0.109. The second-order valence-corrected chi connectivity index (χ2v) is 4.96. The topological polar surface area (TPSA) is 264 Å². The molecule has 154 valence electrons. The average Bonchev–Trinajstić information content (AvgIpc) is 2.34. The van der Waals surface area contributed by atoms with Crippen LogP contribution in [0.1, 0.15) is 25.7 Å². The molecule has 0 aliphatic rings. The first-order valence-corrected chi connectivity index (χ1v) is 6.34. The number of hydrogen-bond acceptors (Lipinski definition) is 8. The van der Waals surface area contributed by atoms with E-state index in [-0.39, 0.29) is 81.9 Å². The first-order chi connectivity index (χ1) is 11.6. The molecule has 0 aliphatic heterocycles. The maximum atomic E-state index is 10.3. The third-order valence-electron chi connectivity index (χ3n) is 2.57. The number of aliphatic carboxylic acids is 6. The molecule has 0 radical (unpaired) electrons. The predicted octanol–water partition coefficient (Wildman–Crippen LogP) is -2.50. The van der Waals surface area contributed by atoms with E-state index in [0.717, 1.165) is 0 Å². The first-order valence-electron chi connectivity index (χ1n) is 6.34. The van der Waals surface area contributed by atoms with Crippen LogP contribution in [-0.4, -0.2) is 87.9 Å². The molecule has 0 fully saturated rings. The summed E-state index contributed by atoms with van der Waals surface area (Å²) in [5.74, 6) is -10.0. The van der Waals surface area contributed by atoms with Gasteiger partial charge in [0.1, 0.15) is 0 Å². The van der Waals surface area contributed by atoms with Gasteiger partial charge in [-0.05, 0) is 0 Å². The number of carbonyl (C=O) groups is 6. The zero-order valence-electron chi connectivity index (χ0n) is 15.0. The van der Waals surface area contributed by atoms with E-state index in [1.165, 1.54) is 0 Å². The molecule has 0 heterocycles. The van der Waals surface area contributed by atoms with E-state index in [2.05, 4.69) is 0 Å². The van der Waals surface area contributed by atoms with Crippen molar-refractivity contribution in [2.75, 3.05) is 0 Å². The third-order valence-corrected chi connectivity index (χ3v) is 2.57. The van der Waals surface area contributed by atoms with Crippen molar-refractivity contribution < 1.29 is 152 Å². The Labute approximate surface area is 222 Å². The average molecular weight is 721 g/mol. The van der Waals surface area contributed by atoms with Crippen LogP contribution in [0.5, 0.6) is 0 Å². The number of carboxylic acids is 6. The molecule has 0 atom stereocenters. The summed E-state index contributed by atoms with van der Waals surface area (Å²) in [6.07, 6.45) is -4.58. The van der Waals surface area contributed by atoms with E-state index in [1.807, 2.05) is 0 Å². The van der Waals surface area contributed by atoms with Crippen molar-refractivity contribution in [1.82, 2.24) is 0 Å². The summed E-state index contributed by atoms with van der Waals surface area (Å²) in [6.45, 7) is 0. The van der Waals surface area contributed by atoms with Gasteiger partial charge >= 0.3 is 35.8 Å². The molecule has 0 unspecified atom stereocenters. The molecular weight excluding hydrogens is 705 g/mol. The number of aliphatic hydroxyl groups is 2. The molecule has 8 N–H and O–H groups in total. The first kappa shape index (κ1) is 39.0. The molecule has 0 aromatic heterocycles. The molecule has 0 amide bonds. The summed E-state index contributed by atoms with van der Waals surface area (Å²) >= 11 is 0. The second-order valence-electron chi connectivity index (χ2n) is 4.96. The van der Waals surface area contributed by atoms with Gasteiger partial charge in [0.2, 0.25) is 0 Å². The molecule has 0 saturated heterocycles. The summed E-state index contributed by atoms with van der Waals surface area (Å²) in [5.41, 5.74) is -5.48. The molecule has 0 aromatic carbocycles. The molecule has 0 spiro atoms. The zero-order valence-corrected chi connectivity index (χ0v) is 27.1. The van der Waals surface area contributed by atoms with E-state index in [1.54, 1.807) is 0 Å². The Morgan fingerprint density at radius 3 is 0.655 bits per heavy atom. The van der Waals surface area contributed by atoms with Crippen LogP contribution in [0.4, 0.5) is 0 Å². The Morgan fingerprint density at radius 2 is 0.586 bits per heavy atom. The summed E-state index contributed by atoms with van der Waals surface area (Å²) in [6, 6.07) is 0. The normalized spacial score (nSPS) is 9.72. The fourth-order valence-electron chi connectivity index (χ4n) is 1.43. The molecule has 14 nitrogen and oxygen atoms in total. The monoisotopic (exact) mass is 726 g/mol. The van der Waals surface area contributed by atoms with E-state index in [0.29, 0.717) is 0 Å². The van der Waals surface area contributed by atoms with Crippen LogP contribution in [0, 0.1) is 0 Å². The Kier molecular flexibility index (Phi) is 23.2. The minimum absolute atomic E-state index is 0. The van der Waals surface area contributed by atoms with Crippen LogP contribution in [-0.2, 0) is 111 Å². The molecule has 0 bridgehead atoms. The van der Waals surface area contributed by atoms with E-state index >= 15 is 0 Å². The van der Waals surface area contributed by atoms with Crippen molar-refractivity contribution in [3.05, 3.63) is 0 Å². The van der Waals surface area contributed by atoms with Crippen molar-refractivity contribution >= 4 is 35.8 Å². The maximum absolute atomic E-state index is 10.3. The van der Waals surface area contributed by atoms with Gasteiger partial charge in [0.15, 0.2) is 11.2 Å². The summed E-state index contributed by atoms with van der Waals surface area (Å²) in [4.78, 5) is 61.0. The molecule has 0 rings (SSSR count). The Morgan fingerprint density at radius 1 is 0.448 bits per heavy atom. The van der Waals surface area contributed by atoms with Crippen molar-refractivity contribution in [3.8, 4) is 0 Å². The van der Waals surface area contributed by atoms with Gasteiger partial charge in [0, 0.05) is 81.9 Å². The Balaban J connectivity index is -0.000000120. The van der Waals surface area contributed by atoms with E-state index in [9.17, 15) is 28.8 Å². The molecule has 0 aliphatic carbocycles. The number of rotatable bonds is 10. The van der Waals surface area contributed by atoms with Crippen LogP contribution >= 0.6 is 0 Å². The van der Waals surface area contributed by atoms with Crippen LogP contribution < -0.4 is 0 Å². The van der Waals surface area contributed by atoms with Crippen LogP contribution in [0.2, 0.25) is 0 Å². The summed E-state index contributed by atoms with van der Waals surface area (Å²) < 4.78 is 0. The Bertz CT molecular complexity index is 521. The van der Waals surface area contributed by atoms with E-state index in [4.69, 9.17) is 40.9 Å². The SMILES string of the molecule is O=C(O)CC(O)(CC(=O)O)C(=O)O.O=C(O)CC(O)(CC(=O)O)C(=O)O.[Cd].[Cd].[Cd]. The molecule has 29 heavy (non-hydrogen) atoms. The van der Waals surface area contributed by atoms with Gasteiger partial charge in [-0.1, -0.05) is 0 Å². The van der Waals surface area contributed by atoms with Gasteiger partial charge in [0.25, 0.3) is 0 Å². The summed E-state index contributed by atoms with van der Waals surface area (Å²) in [5, 5.41) is 67.6. The molecule has 0 aromatic rings. The minimum Gasteiger partial charge on any atom is -0.481 e. The predicted molar refractivity (Wildman–Crippen MR) is 74.2 cm³/mol. The van der Waals surface area contributed by atoms with Crippen molar-refractivity contribution in [2.24, 2.45) is 0 Å². The van der Waals surface area contributed by atoms with Crippen molar-refractivity contribution in [2.45, 2.75) is 36.9 Å². The van der Waals surface area contributed by atoms with Gasteiger partial charge in [-0.25, -0.2) is 9.59 Å². The minimum atomic E-state index is -2.74. The molecular formula is C12H16Cd3O14. The number of carboxylic acid groups (broad SMARTS) is 6. The zero-order chi connectivity index (χ0) is 21.3. The second kappa shape index (κ2) is 17.2. The van der Waals surface area contributed by atoms with Gasteiger partial charge < -0.3 is 40.9 Å². The van der Waals surface area contributed by atoms with Crippen LogP contribution in [0.15, 0.2) is 0 Å². The largest absolute Gasteiger partial charge is 0.481 e. The van der Waals surface area contributed by atoms with Crippen molar-refractivity contribution in [1.29, 1.82) is 0 Å². The Hall–Kier alpha value is -0.494. The molecule has 0 saturated carbocycles. The van der Waals surface area contributed by atoms with Gasteiger partial charge in [-0.2, -0.15) is 0 Å². The van der Waals surface area contributed by atoms with Gasteiger partial charge in [0.05, 0.1) is 25.7 Å². The summed E-state index contributed by atoms with van der Waals surface area (Å²) in [7, 11) is 0. The number of hydrogen-bond donors (Lipinski definition) is 8. The fourth-order valence-corrected chi connectivity index (χ4v) is 1.43. The standard InChI is InChI=1S/2C6H8O7.3Cd/c2*7-3(8)1-6(13,5(11)12)2-4(9)10;;;/h2*13H,1-2H2,(H,7,8)(H,9,10)(H,11,12);;;. The van der Waals surface area contributed by atoms with Gasteiger partial charge in [-0.3, -0.25) is 19.2 Å². The van der Waals surface area contributed by atoms with E-state index < -0.39 is 72.7 Å². The smallest absolute Gasteiger partial charge is 0.336 e.